The van der Waals surface area contributed by atoms with Gasteiger partial charge in [-0.05, 0) is 88.7 Å². The summed E-state index contributed by atoms with van der Waals surface area (Å²) in [6, 6.07) is 9.80. The van der Waals surface area contributed by atoms with E-state index in [-0.39, 0.29) is 72.7 Å². The predicted molar refractivity (Wildman–Crippen MR) is 302 cm³/mol. The topological polar surface area (TPSA) is 331 Å². The Morgan fingerprint density at radius 3 is 1.90 bits per heavy atom. The van der Waals surface area contributed by atoms with Gasteiger partial charge in [0, 0.05) is 71.8 Å². The van der Waals surface area contributed by atoms with Crippen molar-refractivity contribution in [3.05, 3.63) is 65.0 Å². The summed E-state index contributed by atoms with van der Waals surface area (Å²) >= 11 is 0. The molecule has 5 aliphatic heterocycles. The molecule has 23 atom stereocenters. The van der Waals surface area contributed by atoms with E-state index in [0.717, 1.165) is 0 Å². The van der Waals surface area contributed by atoms with Crippen LogP contribution in [0.1, 0.15) is 116 Å². The number of nitrogens with one attached hydrogen (secondary N) is 1. The van der Waals surface area contributed by atoms with Crippen molar-refractivity contribution in [2.45, 2.75) is 242 Å². The van der Waals surface area contributed by atoms with Crippen LogP contribution in [0.5, 0.6) is 17.2 Å². The second-order valence-corrected chi connectivity index (χ2v) is 24.4. The first kappa shape index (κ1) is 67.1. The molecule has 88 heavy (non-hydrogen) atoms. The lowest BCUT2D eigenvalue weighted by molar-refractivity contribution is -0.334. The molecule has 0 bridgehead atoms. The number of halogens is 1. The Morgan fingerprint density at radius 2 is 1.30 bits per heavy atom. The van der Waals surface area contributed by atoms with Gasteiger partial charge in [0.05, 0.1) is 65.7 Å². The molecule has 26 heteroatoms. The van der Waals surface area contributed by atoms with Crippen LogP contribution in [-0.4, -0.2) is 203 Å². The van der Waals surface area contributed by atoms with Gasteiger partial charge >= 0.3 is 11.9 Å². The second-order valence-electron chi connectivity index (χ2n) is 24.4. The van der Waals surface area contributed by atoms with Crippen molar-refractivity contribution in [2.24, 2.45) is 11.8 Å². The number of carbonyl (C=O) groups is 4. The van der Waals surface area contributed by atoms with E-state index in [1.165, 1.54) is 64.5 Å². The van der Waals surface area contributed by atoms with Gasteiger partial charge in [0.1, 0.15) is 65.3 Å². The van der Waals surface area contributed by atoms with Gasteiger partial charge in [-0.15, -0.1) is 0 Å². The minimum Gasteiger partial charge on any atom is -0.507 e. The van der Waals surface area contributed by atoms with Crippen LogP contribution in [0.15, 0.2) is 42.5 Å². The molecule has 25 nitrogen and oxygen atoms in total. The largest absolute Gasteiger partial charge is 0.507 e. The summed E-state index contributed by atoms with van der Waals surface area (Å²) in [6.45, 7) is 14.3. The Labute approximate surface area is 509 Å². The van der Waals surface area contributed by atoms with Gasteiger partial charge in [-0.1, -0.05) is 26.0 Å². The molecular formula is C62H84FNO24. The van der Waals surface area contributed by atoms with Gasteiger partial charge in [0.25, 0.3) is 0 Å². The fourth-order valence-electron chi connectivity index (χ4n) is 12.8. The molecule has 0 saturated carbocycles. The van der Waals surface area contributed by atoms with Crippen molar-refractivity contribution in [2.75, 3.05) is 14.2 Å². The molecule has 0 unspecified atom stereocenters. The predicted octanol–water partition coefficient (Wildman–Crippen LogP) is 4.02. The van der Waals surface area contributed by atoms with E-state index >= 15 is 4.79 Å². The van der Waals surface area contributed by atoms with Gasteiger partial charge in [0.2, 0.25) is 12.2 Å². The van der Waals surface area contributed by atoms with Gasteiger partial charge in [-0.2, -0.15) is 0 Å². The maximum absolute atomic E-state index is 15.2. The van der Waals surface area contributed by atoms with E-state index < -0.39 is 187 Å². The normalized spacial score (nSPS) is 37.4. The molecular weight excluding hydrogens is 1160 g/mol. The first-order valence-electron chi connectivity index (χ1n) is 30.0. The van der Waals surface area contributed by atoms with Gasteiger partial charge in [-0.3, -0.25) is 19.2 Å². The number of amides is 1. The highest BCUT2D eigenvalue weighted by molar-refractivity contribution is 6.11. The number of aromatic hydroxyl groups is 2. The fourth-order valence-corrected chi connectivity index (χ4v) is 12.8. The van der Waals surface area contributed by atoms with Gasteiger partial charge < -0.3 is 102 Å². The Bertz CT molecular complexity index is 2920. The molecule has 1 amide bonds. The van der Waals surface area contributed by atoms with E-state index in [1.54, 1.807) is 54.5 Å². The van der Waals surface area contributed by atoms with Crippen molar-refractivity contribution in [3.8, 4) is 17.2 Å². The third kappa shape index (κ3) is 15.0. The molecule has 0 aromatic heterocycles. The van der Waals surface area contributed by atoms with Crippen molar-refractivity contribution >= 4 is 34.4 Å². The number of ether oxygens (including phenoxy) is 14. The van der Waals surface area contributed by atoms with Crippen LogP contribution in [0.25, 0.3) is 10.8 Å². The van der Waals surface area contributed by atoms with Crippen molar-refractivity contribution in [1.82, 2.24) is 5.32 Å². The molecule has 488 valence electrons. The summed E-state index contributed by atoms with van der Waals surface area (Å²) < 4.78 is 98.9. The first-order valence-corrected chi connectivity index (χ1v) is 30.0. The number of phenolic OH excluding ortho intramolecular Hbond substituents is 2. The zero-order valence-corrected chi connectivity index (χ0v) is 51.2. The summed E-state index contributed by atoms with van der Waals surface area (Å²) in [5, 5.41) is 71.9. The van der Waals surface area contributed by atoms with Crippen LogP contribution in [0.4, 0.5) is 4.39 Å². The minimum absolute atomic E-state index is 0.0141. The number of fused-ring (bicyclic) bond motifs is 2. The quantitative estimate of drug-likeness (QED) is 0.0834. The highest BCUT2D eigenvalue weighted by Gasteiger charge is 2.52. The summed E-state index contributed by atoms with van der Waals surface area (Å²) in [6.07, 6.45) is -21.7. The van der Waals surface area contributed by atoms with E-state index in [1.807, 2.05) is 0 Å². The van der Waals surface area contributed by atoms with E-state index in [0.29, 0.717) is 5.56 Å². The molecule has 0 radical (unpaired) electrons. The van der Waals surface area contributed by atoms with Gasteiger partial charge in [-0.25, -0.2) is 4.39 Å². The number of aliphatic hydroxyl groups is 4. The zero-order chi connectivity index (χ0) is 63.8. The maximum atomic E-state index is 15.2. The van der Waals surface area contributed by atoms with Crippen LogP contribution in [0.3, 0.4) is 0 Å². The number of hydrogen-bond donors (Lipinski definition) is 7. The number of rotatable bonds is 19. The highest BCUT2D eigenvalue weighted by atomic mass is 19.1. The molecule has 7 N–H and O–H groups in total. The maximum Gasteiger partial charge on any atom is 0.308 e. The van der Waals surface area contributed by atoms with Crippen LogP contribution in [-0.2, 0) is 88.9 Å². The SMILES string of the molecule is CO[C@H]1[C@H](O)C[C@@H](O[C@@H]2C[C@H](Oc3cc(O)c4c(O)c5c(cc4c3)C[C@@H]([C@H](OC)C(=O)NCc3ccc(F)cc3)[C@H](O[C@H]3C[C@H](O[C@H]4C[C@H](O[C@H]6C[C@@](C)(O)[C@@H](OC(=O)C(C)C)[C@H](C)O6)[C@H](O)[C@@H](C)O4)[C@H](O)[C@@H](C)O3)C5=O)O[C@H](C)[C@H]2OC(C)=O)O[C@@H]1C. The molecule has 1 aliphatic carbocycles. The van der Waals surface area contributed by atoms with Crippen LogP contribution in [0.2, 0.25) is 0 Å². The number of aliphatic hydroxyl groups excluding tert-OH is 3. The van der Waals surface area contributed by atoms with E-state index in [9.17, 15) is 49.4 Å². The Kier molecular flexibility index (Phi) is 21.4. The van der Waals surface area contributed by atoms with Crippen molar-refractivity contribution in [3.63, 3.8) is 0 Å². The van der Waals surface area contributed by atoms with Crippen molar-refractivity contribution < 1.29 is 121 Å². The van der Waals surface area contributed by atoms with E-state index in [4.69, 9.17) is 66.3 Å². The lowest BCUT2D eigenvalue weighted by atomic mass is 9.76. The Balaban J connectivity index is 0.950. The average molecular weight is 1250 g/mol. The molecule has 5 saturated heterocycles. The van der Waals surface area contributed by atoms with Gasteiger partial charge in [0.15, 0.2) is 43.2 Å². The fraction of sp³-hybridized carbons (Fsp3) is 0.677. The standard InChI is InChI=1S/C62H84FNO24/c1-26(2)61(73)88-59-31(7)81-48(24-62(59,9)74)85-42-21-46(77-27(3)52(42)69)84-41-22-47(78-28(4)51(41)68)87-57-38(58(76-11)60(72)64-25-33-12-14-36(63)15-13-33)18-35-16-34-17-37(19-39(66)49(34)53(70)50(35)54(57)71)83-45-23-43(56(30(6)80-45)82-32(8)65)86-44-20-40(67)55(75-10)29(5)79-44/h12-17,19,26-31,38,40-48,51-52,55-59,66-70,74H,18,20-25H2,1-11H3,(H,64,72)/t27-,28-,29-,30-,31+,38-,40-,41+,42+,43-,44-,45+,46+,47+,48+,51-,52-,55-,56-,57+,58+,59+,62-/m1/s1. The Hall–Kier alpha value is -5.27. The molecule has 3 aromatic carbocycles. The van der Waals surface area contributed by atoms with Crippen molar-refractivity contribution in [1.29, 1.82) is 0 Å². The summed E-state index contributed by atoms with van der Waals surface area (Å²) in [5.41, 5.74) is -0.979. The monoisotopic (exact) mass is 1250 g/mol. The molecule has 0 spiro atoms. The number of methoxy groups -OCH3 is 2. The second kappa shape index (κ2) is 28.1. The average Bonchev–Trinajstić information content (AvgIpc) is 0.837. The number of ketones is 1. The number of hydrogen-bond acceptors (Lipinski definition) is 24. The summed E-state index contributed by atoms with van der Waals surface area (Å²) in [5.74, 6) is -5.65. The Morgan fingerprint density at radius 1 is 0.727 bits per heavy atom. The zero-order valence-electron chi connectivity index (χ0n) is 51.2. The van der Waals surface area contributed by atoms with Crippen LogP contribution >= 0.6 is 0 Å². The molecule has 5 fully saturated rings. The summed E-state index contributed by atoms with van der Waals surface area (Å²) in [7, 11) is 2.75. The minimum atomic E-state index is -1.60. The lowest BCUT2D eigenvalue weighted by Crippen LogP contribution is -2.59. The highest BCUT2D eigenvalue weighted by Crippen LogP contribution is 2.46. The number of benzene rings is 3. The van der Waals surface area contributed by atoms with Crippen LogP contribution < -0.4 is 10.1 Å². The third-order valence-electron chi connectivity index (χ3n) is 17.3. The molecule has 9 rings (SSSR count). The number of esters is 2. The molecule has 5 heterocycles. The smallest absolute Gasteiger partial charge is 0.308 e. The molecule has 6 aliphatic rings. The number of phenols is 2. The first-order chi connectivity index (χ1) is 41.6. The van der Waals surface area contributed by atoms with Crippen LogP contribution in [0, 0.1) is 17.7 Å². The molecule has 3 aromatic rings. The number of Topliss-reactive ketones (excluding diaryl/α,β-unsaturated/α-hetero) is 1. The summed E-state index contributed by atoms with van der Waals surface area (Å²) in [4.78, 5) is 54.3. The van der Waals surface area contributed by atoms with E-state index in [2.05, 4.69) is 5.32 Å². The lowest BCUT2D eigenvalue weighted by Gasteiger charge is -2.47. The third-order valence-corrected chi connectivity index (χ3v) is 17.3. The number of carbonyl (C=O) groups excluding carboxylic acids is 4.